The van der Waals surface area contributed by atoms with Gasteiger partial charge < -0.3 is 0 Å². The van der Waals surface area contributed by atoms with Crippen LogP contribution in [0.2, 0.25) is 5.02 Å². The van der Waals surface area contributed by atoms with Gasteiger partial charge in [0.15, 0.2) is 0 Å². The minimum absolute atomic E-state index is 0.0126. The number of allylic oxidation sites excluding steroid dienone is 3. The molecular weight excluding hydrogens is 495 g/mol. The van der Waals surface area contributed by atoms with Gasteiger partial charge in [0.2, 0.25) is 0 Å². The zero-order valence-electron chi connectivity index (χ0n) is 19.1. The van der Waals surface area contributed by atoms with Crippen molar-refractivity contribution in [1.82, 2.24) is 0 Å². The highest BCUT2D eigenvalue weighted by molar-refractivity contribution is 8.07. The Bertz CT molecular complexity index is 1060. The molecule has 0 saturated carbocycles. The summed E-state index contributed by atoms with van der Waals surface area (Å²) in [6, 6.07) is 6.20. The fourth-order valence-corrected chi connectivity index (χ4v) is 7.70. The van der Waals surface area contributed by atoms with E-state index in [4.69, 9.17) is 31.6 Å². The summed E-state index contributed by atoms with van der Waals surface area (Å²) in [6.45, 7) is 10.2. The van der Waals surface area contributed by atoms with Crippen LogP contribution in [0.4, 0.5) is 0 Å². The number of rotatable bonds is 7. The van der Waals surface area contributed by atoms with Gasteiger partial charge in [-0.3, -0.25) is 8.37 Å². The number of hydrogen-bond acceptors (Lipinski definition) is 6. The molecule has 0 amide bonds. The van der Waals surface area contributed by atoms with Crippen molar-refractivity contribution in [1.29, 1.82) is 0 Å². The van der Waals surface area contributed by atoms with Gasteiger partial charge in [-0.15, -0.1) is 0 Å². The topological polar surface area (TPSA) is 86.7 Å². The first-order chi connectivity index (χ1) is 14.4. The Morgan fingerprint density at radius 3 is 1.66 bits per heavy atom. The maximum atomic E-state index is 13.7. The Morgan fingerprint density at radius 2 is 1.25 bits per heavy atom. The van der Waals surface area contributed by atoms with E-state index in [0.29, 0.717) is 10.6 Å². The molecule has 0 fully saturated rings. The summed E-state index contributed by atoms with van der Waals surface area (Å²) in [5, 5.41) is 0.469. The summed E-state index contributed by atoms with van der Waals surface area (Å²) in [5.41, 5.74) is -0.743. The Kier molecular flexibility index (Phi) is 8.02. The molecule has 1 aromatic rings. The molecule has 1 aromatic carbocycles. The van der Waals surface area contributed by atoms with E-state index in [9.17, 15) is 16.8 Å². The molecule has 2 rings (SSSR count). The van der Waals surface area contributed by atoms with Gasteiger partial charge in [-0.2, -0.15) is 16.8 Å². The molecule has 0 atom stereocenters. The summed E-state index contributed by atoms with van der Waals surface area (Å²) < 4.78 is 62.8. The quantitative estimate of drug-likeness (QED) is 0.423. The maximum absolute atomic E-state index is 13.7. The number of halogens is 2. The molecular formula is C22H30Cl2O6S2. The van der Waals surface area contributed by atoms with Crippen molar-refractivity contribution >= 4 is 49.0 Å². The average Bonchev–Trinajstić information content (AvgIpc) is 2.64. The van der Waals surface area contributed by atoms with Gasteiger partial charge in [0.1, 0.15) is 0 Å². The first-order valence-electron chi connectivity index (χ1n) is 10.0. The molecule has 0 radical (unpaired) electrons. The zero-order valence-corrected chi connectivity index (χ0v) is 22.3. The monoisotopic (exact) mass is 524 g/mol. The third-order valence-corrected chi connectivity index (χ3v) is 9.44. The average molecular weight is 526 g/mol. The SMILES string of the molecule is CC(C)(C)COS(=O)(=O)C1(S(=O)(=O)OCC(C)(C)C)CC(Cl)=CC=C1c1ccc(Cl)cc1. The molecule has 1 aliphatic rings. The summed E-state index contributed by atoms with van der Waals surface area (Å²) >= 11 is 12.2. The fraction of sp³-hybridized carbons (Fsp3) is 0.545. The lowest BCUT2D eigenvalue weighted by Gasteiger charge is -2.36. The van der Waals surface area contributed by atoms with Gasteiger partial charge >= 0.3 is 0 Å². The summed E-state index contributed by atoms with van der Waals surface area (Å²) in [7, 11) is -9.57. The smallest absolute Gasteiger partial charge is 0.268 e. The van der Waals surface area contributed by atoms with Crippen molar-refractivity contribution in [2.45, 2.75) is 52.0 Å². The van der Waals surface area contributed by atoms with E-state index in [0.717, 1.165) is 0 Å². The van der Waals surface area contributed by atoms with Crippen LogP contribution in [0.5, 0.6) is 0 Å². The van der Waals surface area contributed by atoms with Gasteiger partial charge in [-0.05, 0) is 34.6 Å². The van der Waals surface area contributed by atoms with Gasteiger partial charge in [0, 0.05) is 22.0 Å². The molecule has 0 bridgehead atoms. The van der Waals surface area contributed by atoms with E-state index < -0.39 is 41.6 Å². The minimum Gasteiger partial charge on any atom is -0.268 e. The van der Waals surface area contributed by atoms with Crippen LogP contribution in [0.15, 0.2) is 41.4 Å². The van der Waals surface area contributed by atoms with Gasteiger partial charge in [-0.25, -0.2) is 0 Å². The highest BCUT2D eigenvalue weighted by Gasteiger charge is 2.61. The van der Waals surface area contributed by atoms with Crippen LogP contribution >= 0.6 is 23.2 Å². The molecule has 0 N–H and O–H groups in total. The van der Waals surface area contributed by atoms with Gasteiger partial charge in [0.05, 0.1) is 13.2 Å². The van der Waals surface area contributed by atoms with Crippen molar-refractivity contribution in [3.63, 3.8) is 0 Å². The zero-order chi connectivity index (χ0) is 24.6. The third kappa shape index (κ3) is 6.15. The molecule has 180 valence electrons. The van der Waals surface area contributed by atoms with E-state index in [1.54, 1.807) is 65.8 Å². The first-order valence-corrected chi connectivity index (χ1v) is 13.6. The molecule has 0 aromatic heterocycles. The minimum atomic E-state index is -4.78. The van der Waals surface area contributed by atoms with E-state index in [2.05, 4.69) is 0 Å². The highest BCUT2D eigenvalue weighted by atomic mass is 35.5. The lowest BCUT2D eigenvalue weighted by atomic mass is 9.96. The predicted octanol–water partition coefficient (Wildman–Crippen LogP) is 5.73. The van der Waals surface area contributed by atoms with Crippen molar-refractivity contribution in [3.8, 4) is 0 Å². The third-order valence-electron chi connectivity index (χ3n) is 4.50. The second-order valence-corrected chi connectivity index (χ2v) is 15.0. The van der Waals surface area contributed by atoms with Crippen LogP contribution in [-0.4, -0.2) is 34.1 Å². The lowest BCUT2D eigenvalue weighted by Crippen LogP contribution is -2.51. The summed E-state index contributed by atoms with van der Waals surface area (Å²) in [4.78, 5) is 0. The normalized spacial score (nSPS) is 17.6. The molecule has 10 heteroatoms. The van der Waals surface area contributed by atoms with E-state index in [1.165, 1.54) is 12.2 Å². The number of benzene rings is 1. The first kappa shape index (κ1) is 27.3. The number of hydrogen-bond donors (Lipinski definition) is 0. The molecule has 1 aliphatic carbocycles. The molecule has 0 aliphatic heterocycles. The van der Waals surface area contributed by atoms with Crippen LogP contribution in [0.1, 0.15) is 53.5 Å². The van der Waals surface area contributed by atoms with Crippen LogP contribution in [-0.2, 0) is 28.6 Å². The van der Waals surface area contributed by atoms with E-state index in [1.807, 2.05) is 0 Å². The maximum Gasteiger partial charge on any atom is 0.295 e. The predicted molar refractivity (Wildman–Crippen MR) is 129 cm³/mol. The van der Waals surface area contributed by atoms with Crippen molar-refractivity contribution in [3.05, 3.63) is 52.0 Å². The van der Waals surface area contributed by atoms with Crippen molar-refractivity contribution in [2.24, 2.45) is 10.8 Å². The highest BCUT2D eigenvalue weighted by Crippen LogP contribution is 2.49. The van der Waals surface area contributed by atoms with Crippen LogP contribution in [0, 0.1) is 10.8 Å². The Labute approximate surface area is 201 Å². The Morgan fingerprint density at radius 1 is 0.812 bits per heavy atom. The van der Waals surface area contributed by atoms with Crippen molar-refractivity contribution in [2.75, 3.05) is 13.2 Å². The molecule has 0 saturated heterocycles. The molecule has 0 unspecified atom stereocenters. The second-order valence-electron chi connectivity index (χ2n) is 10.2. The van der Waals surface area contributed by atoms with Crippen LogP contribution < -0.4 is 0 Å². The van der Waals surface area contributed by atoms with Crippen LogP contribution in [0.3, 0.4) is 0 Å². The van der Waals surface area contributed by atoms with Gasteiger partial charge in [0.25, 0.3) is 24.3 Å². The molecule has 0 spiro atoms. The molecule has 0 heterocycles. The molecule has 32 heavy (non-hydrogen) atoms. The Balaban J connectivity index is 2.78. The summed E-state index contributed by atoms with van der Waals surface area (Å²) in [5.74, 6) is 0. The van der Waals surface area contributed by atoms with Crippen molar-refractivity contribution < 1.29 is 25.2 Å². The Hall–Kier alpha value is -0.900. The van der Waals surface area contributed by atoms with E-state index >= 15 is 0 Å². The van der Waals surface area contributed by atoms with Gasteiger partial charge in [-0.1, -0.05) is 83.0 Å². The standard InChI is InChI=1S/C22H30Cl2O6S2/c1-20(2,3)14-29-31(25,26)22(32(27,28)30-15-21(4,5)6)13-18(24)11-12-19(22)16-7-9-17(23)10-8-16/h7-12H,13-15H2,1-6H3. The lowest BCUT2D eigenvalue weighted by molar-refractivity contribution is 0.191. The second kappa shape index (κ2) is 9.39. The largest absolute Gasteiger partial charge is 0.295 e. The van der Waals surface area contributed by atoms with E-state index in [-0.39, 0.29) is 23.8 Å². The van der Waals surface area contributed by atoms with Crippen LogP contribution in [0.25, 0.3) is 5.57 Å². The fourth-order valence-electron chi connectivity index (χ4n) is 2.89. The summed E-state index contributed by atoms with van der Waals surface area (Å²) in [6.07, 6.45) is 2.31. The molecule has 6 nitrogen and oxygen atoms in total.